The number of imidazole rings is 1. The number of benzene rings is 3. The first-order chi connectivity index (χ1) is 18.2. The Balaban J connectivity index is 1.18. The third-order valence-corrected chi connectivity index (χ3v) is 5.72. The van der Waals surface area contributed by atoms with Crippen LogP contribution in [-0.4, -0.2) is 33.7 Å². The number of fused-ring (bicyclic) bond motifs is 1. The van der Waals surface area contributed by atoms with E-state index >= 15 is 0 Å². The maximum absolute atomic E-state index is 12.6. The number of nitrogens with zero attached hydrogens (tertiary/aromatic N) is 3. The van der Waals surface area contributed by atoms with Crippen LogP contribution in [0.2, 0.25) is 0 Å². The summed E-state index contributed by atoms with van der Waals surface area (Å²) in [5.74, 6) is 3.89. The van der Waals surface area contributed by atoms with E-state index in [0.29, 0.717) is 25.3 Å². The zero-order chi connectivity index (χ0) is 25.5. The van der Waals surface area contributed by atoms with Crippen LogP contribution in [-0.2, 0) is 6.54 Å². The second-order valence-electron chi connectivity index (χ2n) is 8.23. The van der Waals surface area contributed by atoms with Crippen molar-refractivity contribution in [3.8, 4) is 29.5 Å². The highest BCUT2D eigenvalue weighted by Gasteiger charge is 2.10. The molecule has 1 N–H and O–H groups in total. The molecule has 37 heavy (non-hydrogen) atoms. The number of amides is 1. The number of carbonyl (C=O) groups excluding carboxylic acids is 1. The Bertz CT molecular complexity index is 1550. The van der Waals surface area contributed by atoms with E-state index in [9.17, 15) is 4.79 Å². The standard InChI is InChI=1S/C30H24N4O3/c1-2-22-5-3-7-27(17-22)37-16-15-36-26-11-9-25(10-12-26)34-21-33-28-18-24(8-13-29(28)34)30(35)32-20-23-6-4-14-31-19-23/h1,3-14,17-19,21H,15-16,20H2,(H,32,35). The quantitative estimate of drug-likeness (QED) is 0.238. The van der Waals surface area contributed by atoms with Gasteiger partial charge >= 0.3 is 0 Å². The lowest BCUT2D eigenvalue weighted by Crippen LogP contribution is -2.22. The molecular formula is C30H24N4O3. The number of hydrogen-bond donors (Lipinski definition) is 1. The van der Waals surface area contributed by atoms with E-state index in [1.807, 2.05) is 71.3 Å². The van der Waals surface area contributed by atoms with E-state index in [1.54, 1.807) is 30.9 Å². The molecule has 0 saturated carbocycles. The first-order valence-electron chi connectivity index (χ1n) is 11.8. The summed E-state index contributed by atoms with van der Waals surface area (Å²) in [6, 6.07) is 24.4. The van der Waals surface area contributed by atoms with Crippen molar-refractivity contribution >= 4 is 16.9 Å². The Kier molecular flexibility index (Phi) is 7.09. The monoisotopic (exact) mass is 488 g/mol. The van der Waals surface area contributed by atoms with Crippen LogP contribution in [0.1, 0.15) is 21.5 Å². The van der Waals surface area contributed by atoms with Crippen LogP contribution >= 0.6 is 0 Å². The van der Waals surface area contributed by atoms with Gasteiger partial charge in [-0.05, 0) is 72.3 Å². The molecule has 5 rings (SSSR count). The van der Waals surface area contributed by atoms with Gasteiger partial charge in [0.05, 0.1) is 11.0 Å². The highest BCUT2D eigenvalue weighted by molar-refractivity contribution is 5.97. The molecule has 0 spiro atoms. The first kappa shape index (κ1) is 23.6. The van der Waals surface area contributed by atoms with Gasteiger partial charge in [0.25, 0.3) is 5.91 Å². The maximum atomic E-state index is 12.6. The summed E-state index contributed by atoms with van der Waals surface area (Å²) < 4.78 is 13.5. The molecule has 0 fully saturated rings. The zero-order valence-corrected chi connectivity index (χ0v) is 20.0. The molecule has 0 saturated heterocycles. The Hall–Kier alpha value is -5.09. The molecule has 0 aliphatic carbocycles. The summed E-state index contributed by atoms with van der Waals surface area (Å²) in [6.45, 7) is 1.22. The van der Waals surface area contributed by atoms with Gasteiger partial charge in [0.1, 0.15) is 31.0 Å². The summed E-state index contributed by atoms with van der Waals surface area (Å²) in [7, 11) is 0. The maximum Gasteiger partial charge on any atom is 0.251 e. The van der Waals surface area contributed by atoms with Gasteiger partial charge in [-0.3, -0.25) is 14.3 Å². The van der Waals surface area contributed by atoms with Crippen molar-refractivity contribution in [2.24, 2.45) is 0 Å². The normalized spacial score (nSPS) is 10.6. The number of aromatic nitrogens is 3. The lowest BCUT2D eigenvalue weighted by Gasteiger charge is -2.10. The molecule has 182 valence electrons. The third-order valence-electron chi connectivity index (χ3n) is 5.72. The van der Waals surface area contributed by atoms with Crippen LogP contribution in [0.25, 0.3) is 16.7 Å². The van der Waals surface area contributed by atoms with E-state index in [-0.39, 0.29) is 5.91 Å². The van der Waals surface area contributed by atoms with Gasteiger partial charge in [0.15, 0.2) is 0 Å². The molecule has 0 atom stereocenters. The van der Waals surface area contributed by atoms with Gasteiger partial charge in [-0.1, -0.05) is 18.1 Å². The minimum Gasteiger partial charge on any atom is -0.490 e. The van der Waals surface area contributed by atoms with Crippen LogP contribution in [0.15, 0.2) is 97.6 Å². The van der Waals surface area contributed by atoms with Crippen molar-refractivity contribution in [3.05, 3.63) is 114 Å². The Labute approximate surface area is 214 Å². The molecule has 2 heterocycles. The number of pyridine rings is 1. The van der Waals surface area contributed by atoms with E-state index in [2.05, 4.69) is 21.2 Å². The zero-order valence-electron chi connectivity index (χ0n) is 20.0. The Morgan fingerprint density at radius 2 is 1.78 bits per heavy atom. The lowest BCUT2D eigenvalue weighted by atomic mass is 10.1. The second-order valence-corrected chi connectivity index (χ2v) is 8.23. The minimum absolute atomic E-state index is 0.158. The predicted molar refractivity (Wildman–Crippen MR) is 142 cm³/mol. The van der Waals surface area contributed by atoms with Gasteiger partial charge in [0, 0.05) is 35.8 Å². The largest absolute Gasteiger partial charge is 0.490 e. The van der Waals surface area contributed by atoms with E-state index < -0.39 is 0 Å². The number of hydrogen-bond acceptors (Lipinski definition) is 5. The van der Waals surface area contributed by atoms with Gasteiger partial charge in [-0.15, -0.1) is 6.42 Å². The predicted octanol–water partition coefficient (Wildman–Crippen LogP) is 4.79. The van der Waals surface area contributed by atoms with Crippen molar-refractivity contribution in [3.63, 3.8) is 0 Å². The highest BCUT2D eigenvalue weighted by atomic mass is 16.5. The Morgan fingerprint density at radius 1 is 0.946 bits per heavy atom. The summed E-state index contributed by atoms with van der Waals surface area (Å²) in [6.07, 6.45) is 10.6. The molecule has 7 heteroatoms. The molecule has 0 bridgehead atoms. The number of carbonyl (C=O) groups is 1. The fourth-order valence-corrected chi connectivity index (χ4v) is 3.84. The summed E-state index contributed by atoms with van der Waals surface area (Å²) in [5, 5.41) is 2.92. The van der Waals surface area contributed by atoms with Crippen molar-refractivity contribution in [1.29, 1.82) is 0 Å². The van der Waals surface area contributed by atoms with Crippen molar-refractivity contribution in [2.45, 2.75) is 6.54 Å². The van der Waals surface area contributed by atoms with Gasteiger partial charge in [-0.25, -0.2) is 4.98 Å². The molecule has 1 amide bonds. The Morgan fingerprint density at radius 3 is 2.57 bits per heavy atom. The van der Waals surface area contributed by atoms with Crippen LogP contribution < -0.4 is 14.8 Å². The van der Waals surface area contributed by atoms with Crippen molar-refractivity contribution in [2.75, 3.05) is 13.2 Å². The first-order valence-corrected chi connectivity index (χ1v) is 11.8. The molecule has 7 nitrogen and oxygen atoms in total. The summed E-state index contributed by atoms with van der Waals surface area (Å²) >= 11 is 0. The van der Waals surface area contributed by atoms with E-state index in [0.717, 1.165) is 39.3 Å². The average Bonchev–Trinajstić information content (AvgIpc) is 3.38. The van der Waals surface area contributed by atoms with E-state index in [4.69, 9.17) is 15.9 Å². The summed E-state index contributed by atoms with van der Waals surface area (Å²) in [4.78, 5) is 21.2. The molecule has 2 aromatic heterocycles. The van der Waals surface area contributed by atoms with Crippen LogP contribution in [0, 0.1) is 12.3 Å². The van der Waals surface area contributed by atoms with Crippen molar-refractivity contribution < 1.29 is 14.3 Å². The average molecular weight is 489 g/mol. The molecular weight excluding hydrogens is 464 g/mol. The smallest absolute Gasteiger partial charge is 0.251 e. The van der Waals surface area contributed by atoms with Crippen LogP contribution in [0.4, 0.5) is 0 Å². The second kappa shape index (κ2) is 11.1. The lowest BCUT2D eigenvalue weighted by molar-refractivity contribution is 0.0951. The van der Waals surface area contributed by atoms with Crippen LogP contribution in [0.5, 0.6) is 11.5 Å². The highest BCUT2D eigenvalue weighted by Crippen LogP contribution is 2.22. The van der Waals surface area contributed by atoms with Crippen molar-refractivity contribution in [1.82, 2.24) is 19.9 Å². The fourth-order valence-electron chi connectivity index (χ4n) is 3.84. The number of rotatable bonds is 9. The van der Waals surface area contributed by atoms with E-state index in [1.165, 1.54) is 0 Å². The molecule has 0 unspecified atom stereocenters. The molecule has 0 radical (unpaired) electrons. The number of nitrogens with one attached hydrogen (secondary N) is 1. The molecule has 0 aliphatic rings. The van der Waals surface area contributed by atoms with Gasteiger partial charge < -0.3 is 14.8 Å². The van der Waals surface area contributed by atoms with Crippen LogP contribution in [0.3, 0.4) is 0 Å². The number of terminal acetylenes is 1. The third kappa shape index (κ3) is 5.77. The minimum atomic E-state index is -0.158. The van der Waals surface area contributed by atoms with Gasteiger partial charge in [0.2, 0.25) is 0 Å². The van der Waals surface area contributed by atoms with Gasteiger partial charge in [-0.2, -0.15) is 0 Å². The molecule has 5 aromatic rings. The topological polar surface area (TPSA) is 78.3 Å². The molecule has 0 aliphatic heterocycles. The summed E-state index contributed by atoms with van der Waals surface area (Å²) in [5.41, 5.74) is 4.85. The number of ether oxygens (including phenoxy) is 2. The fraction of sp³-hybridized carbons (Fsp3) is 0.100. The SMILES string of the molecule is C#Cc1cccc(OCCOc2ccc(-n3cnc4cc(C(=O)NCc5cccnc5)ccc43)cc2)c1. The molecule has 3 aromatic carbocycles.